The predicted octanol–water partition coefficient (Wildman–Crippen LogP) is 2.69. The summed E-state index contributed by atoms with van der Waals surface area (Å²) in [6, 6.07) is 0. The Labute approximate surface area is 193 Å². The predicted molar refractivity (Wildman–Crippen MR) is 126 cm³/mol. The van der Waals surface area contributed by atoms with Gasteiger partial charge in [0.05, 0.1) is 24.9 Å². The lowest BCUT2D eigenvalue weighted by atomic mass is 9.93. The Kier molecular flexibility index (Phi) is 6.90. The lowest BCUT2D eigenvalue weighted by Gasteiger charge is -2.34. The Balaban J connectivity index is 1.12. The molecule has 174 valence electrons. The van der Waals surface area contributed by atoms with Crippen molar-refractivity contribution in [3.8, 4) is 0 Å². The van der Waals surface area contributed by atoms with Crippen LogP contribution in [0, 0.1) is 5.92 Å². The van der Waals surface area contributed by atoms with E-state index in [1.807, 2.05) is 4.90 Å². The maximum Gasteiger partial charge on any atom is 0.262 e. The maximum atomic E-state index is 13.1. The fourth-order valence-corrected chi connectivity index (χ4v) is 6.60. The third-order valence-corrected chi connectivity index (χ3v) is 8.63. The van der Waals surface area contributed by atoms with Gasteiger partial charge >= 0.3 is 0 Å². The number of aryl methyl sites for hydroxylation is 3. The number of hydrogen-bond donors (Lipinski definition) is 0. The first-order valence-electron chi connectivity index (χ1n) is 12.3. The topological polar surface area (TPSA) is 67.7 Å². The summed E-state index contributed by atoms with van der Waals surface area (Å²) in [6.45, 7) is 7.06. The van der Waals surface area contributed by atoms with Crippen LogP contribution in [0.4, 0.5) is 0 Å². The van der Waals surface area contributed by atoms with Crippen LogP contribution in [0.2, 0.25) is 0 Å². The van der Waals surface area contributed by atoms with Crippen molar-refractivity contribution >= 4 is 27.5 Å². The van der Waals surface area contributed by atoms with Crippen LogP contribution in [0.15, 0.2) is 11.1 Å². The second kappa shape index (κ2) is 10.0. The molecule has 2 aromatic heterocycles. The third kappa shape index (κ3) is 4.77. The van der Waals surface area contributed by atoms with Gasteiger partial charge in [0.2, 0.25) is 5.91 Å². The highest BCUT2D eigenvalue weighted by molar-refractivity contribution is 7.18. The number of likely N-dealkylation sites (tertiary alicyclic amines) is 1. The molecule has 8 heteroatoms. The van der Waals surface area contributed by atoms with Gasteiger partial charge in [0.1, 0.15) is 4.83 Å². The van der Waals surface area contributed by atoms with Gasteiger partial charge in [-0.25, -0.2) is 4.98 Å². The summed E-state index contributed by atoms with van der Waals surface area (Å²) in [5.41, 5.74) is 1.25. The molecule has 2 aromatic rings. The van der Waals surface area contributed by atoms with Crippen molar-refractivity contribution in [3.63, 3.8) is 0 Å². The van der Waals surface area contributed by atoms with Crippen LogP contribution in [0.5, 0.6) is 0 Å². The van der Waals surface area contributed by atoms with Crippen LogP contribution in [0.3, 0.4) is 0 Å². The molecule has 3 aliphatic rings. The summed E-state index contributed by atoms with van der Waals surface area (Å²) in [4.78, 5) is 37.1. The molecule has 0 atom stereocenters. The van der Waals surface area contributed by atoms with Crippen LogP contribution >= 0.6 is 11.3 Å². The summed E-state index contributed by atoms with van der Waals surface area (Å²) < 4.78 is 7.07. The van der Waals surface area contributed by atoms with Gasteiger partial charge in [-0.15, -0.1) is 11.3 Å². The van der Waals surface area contributed by atoms with Gasteiger partial charge in [0.15, 0.2) is 0 Å². The van der Waals surface area contributed by atoms with Crippen LogP contribution < -0.4 is 5.56 Å². The number of nitrogens with zero attached hydrogens (tertiary/aromatic N) is 4. The number of thiophene rings is 1. The number of fused-ring (bicyclic) bond motifs is 3. The minimum atomic E-state index is 0.0315. The van der Waals surface area contributed by atoms with E-state index >= 15 is 0 Å². The van der Waals surface area contributed by atoms with Crippen molar-refractivity contribution in [1.82, 2.24) is 19.4 Å². The molecule has 0 bridgehead atoms. The van der Waals surface area contributed by atoms with Crippen LogP contribution in [0.1, 0.15) is 49.0 Å². The van der Waals surface area contributed by atoms with Crippen molar-refractivity contribution in [3.05, 3.63) is 27.1 Å². The number of morpholine rings is 1. The first-order valence-corrected chi connectivity index (χ1v) is 13.1. The molecule has 5 rings (SSSR count). The van der Waals surface area contributed by atoms with Gasteiger partial charge in [-0.3, -0.25) is 19.1 Å². The molecule has 2 saturated heterocycles. The van der Waals surface area contributed by atoms with Gasteiger partial charge in [0.25, 0.3) is 5.56 Å². The Bertz CT molecular complexity index is 1000. The highest BCUT2D eigenvalue weighted by Gasteiger charge is 2.24. The third-order valence-electron chi connectivity index (χ3n) is 7.43. The van der Waals surface area contributed by atoms with Crippen molar-refractivity contribution in [2.24, 2.45) is 5.92 Å². The minimum absolute atomic E-state index is 0.0315. The number of carbonyl (C=O) groups is 1. The molecule has 4 heterocycles. The molecule has 0 radical (unpaired) electrons. The van der Waals surface area contributed by atoms with E-state index in [1.165, 1.54) is 23.3 Å². The second-order valence-electron chi connectivity index (χ2n) is 9.45. The average molecular weight is 459 g/mol. The Morgan fingerprint density at radius 3 is 2.69 bits per heavy atom. The zero-order chi connectivity index (χ0) is 21.9. The van der Waals surface area contributed by atoms with Gasteiger partial charge in [-0.05, 0) is 63.0 Å². The lowest BCUT2D eigenvalue weighted by molar-refractivity contribution is -0.132. The van der Waals surface area contributed by atoms with E-state index in [-0.39, 0.29) is 11.5 Å². The second-order valence-corrected chi connectivity index (χ2v) is 10.5. The van der Waals surface area contributed by atoms with E-state index in [0.29, 0.717) is 18.9 Å². The molecule has 1 aliphatic carbocycles. The van der Waals surface area contributed by atoms with E-state index in [4.69, 9.17) is 4.74 Å². The number of rotatable bonds is 6. The largest absolute Gasteiger partial charge is 0.379 e. The van der Waals surface area contributed by atoms with Crippen LogP contribution in [-0.2, 0) is 28.9 Å². The van der Waals surface area contributed by atoms with E-state index in [1.54, 1.807) is 22.2 Å². The summed E-state index contributed by atoms with van der Waals surface area (Å²) in [6.07, 6.45) is 9.80. The lowest BCUT2D eigenvalue weighted by Crippen LogP contribution is -2.41. The summed E-state index contributed by atoms with van der Waals surface area (Å²) in [5.74, 6) is 0.872. The van der Waals surface area contributed by atoms with Gasteiger partial charge in [-0.1, -0.05) is 0 Å². The van der Waals surface area contributed by atoms with Crippen molar-refractivity contribution in [2.75, 3.05) is 45.9 Å². The standard InChI is InChI=1S/C24H34N4O3S/c29-21(27-10-6-18(7-11-27)5-9-26-13-15-31-16-14-26)8-12-28-17-25-23-22(24(28)30)19-3-1-2-4-20(19)32-23/h17-18H,1-16H2. The molecule has 0 aromatic carbocycles. The average Bonchev–Trinajstić information content (AvgIpc) is 3.22. The molecule has 0 saturated carbocycles. The number of ether oxygens (including phenoxy) is 1. The fourth-order valence-electron chi connectivity index (χ4n) is 5.38. The monoisotopic (exact) mass is 458 g/mol. The highest BCUT2D eigenvalue weighted by atomic mass is 32.1. The number of hydrogen-bond acceptors (Lipinski definition) is 6. The van der Waals surface area contributed by atoms with E-state index in [0.717, 1.165) is 88.3 Å². The smallest absolute Gasteiger partial charge is 0.262 e. The number of piperidine rings is 1. The molecule has 0 spiro atoms. The van der Waals surface area contributed by atoms with Crippen molar-refractivity contribution < 1.29 is 9.53 Å². The summed E-state index contributed by atoms with van der Waals surface area (Å²) in [7, 11) is 0. The molecule has 7 nitrogen and oxygen atoms in total. The first kappa shape index (κ1) is 22.0. The number of carbonyl (C=O) groups excluding carboxylic acids is 1. The highest BCUT2D eigenvalue weighted by Crippen LogP contribution is 2.33. The molecule has 32 heavy (non-hydrogen) atoms. The van der Waals surface area contributed by atoms with E-state index < -0.39 is 0 Å². The van der Waals surface area contributed by atoms with Gasteiger partial charge < -0.3 is 9.64 Å². The zero-order valence-corrected chi connectivity index (χ0v) is 19.7. The van der Waals surface area contributed by atoms with E-state index in [2.05, 4.69) is 9.88 Å². The Morgan fingerprint density at radius 2 is 1.88 bits per heavy atom. The van der Waals surface area contributed by atoms with Crippen molar-refractivity contribution in [2.45, 2.75) is 57.9 Å². The normalized spacial score (nSPS) is 20.6. The van der Waals surface area contributed by atoms with Crippen molar-refractivity contribution in [1.29, 1.82) is 0 Å². The molecule has 2 fully saturated rings. The first-order chi connectivity index (χ1) is 15.7. The number of aromatic nitrogens is 2. The Morgan fingerprint density at radius 1 is 1.09 bits per heavy atom. The van der Waals surface area contributed by atoms with Gasteiger partial charge in [0, 0.05) is 44.0 Å². The number of amides is 1. The van der Waals surface area contributed by atoms with Crippen LogP contribution in [0.25, 0.3) is 10.2 Å². The maximum absolute atomic E-state index is 13.1. The Hall–Kier alpha value is -1.77. The molecular weight excluding hydrogens is 424 g/mol. The summed E-state index contributed by atoms with van der Waals surface area (Å²) in [5, 5.41) is 0.806. The quantitative estimate of drug-likeness (QED) is 0.666. The molecular formula is C24H34N4O3S. The molecule has 1 amide bonds. The SMILES string of the molecule is O=C(CCn1cnc2sc3c(c2c1=O)CCCC3)N1CCC(CCN2CCOCC2)CC1. The molecule has 2 aliphatic heterocycles. The van der Waals surface area contributed by atoms with Gasteiger partial charge in [-0.2, -0.15) is 0 Å². The fraction of sp³-hybridized carbons (Fsp3) is 0.708. The molecule has 0 unspecified atom stereocenters. The molecule has 0 N–H and O–H groups in total. The van der Waals surface area contributed by atoms with E-state index in [9.17, 15) is 9.59 Å². The minimum Gasteiger partial charge on any atom is -0.379 e. The summed E-state index contributed by atoms with van der Waals surface area (Å²) >= 11 is 1.67. The zero-order valence-electron chi connectivity index (χ0n) is 18.9. The van der Waals surface area contributed by atoms with Crippen LogP contribution in [-0.4, -0.2) is 71.2 Å².